The Kier molecular flexibility index (Phi) is 45.5. The molecular weight excluding hydrogens is 828 g/mol. The number of hydrogen-bond acceptors (Lipinski definition) is 6. The Morgan fingerprint density at radius 2 is 0.908 bits per heavy atom. The van der Waals surface area contributed by atoms with E-state index in [-0.39, 0.29) is 12.5 Å². The molecule has 2 N–H and O–H groups in total. The second-order valence-electron chi connectivity index (χ2n) is 19.2. The van der Waals surface area contributed by atoms with E-state index in [1.54, 1.807) is 6.08 Å². The van der Waals surface area contributed by atoms with Gasteiger partial charge in [0.25, 0.3) is 7.82 Å². The van der Waals surface area contributed by atoms with Crippen LogP contribution in [0.4, 0.5) is 0 Å². The van der Waals surface area contributed by atoms with Crippen LogP contribution in [0.3, 0.4) is 0 Å². The van der Waals surface area contributed by atoms with E-state index in [1.807, 2.05) is 27.2 Å². The van der Waals surface area contributed by atoms with Crippen LogP contribution >= 0.6 is 7.82 Å². The third-order valence-electron chi connectivity index (χ3n) is 11.6. The summed E-state index contributed by atoms with van der Waals surface area (Å²) in [6, 6.07) is -0.921. The van der Waals surface area contributed by atoms with E-state index in [9.17, 15) is 19.4 Å². The van der Waals surface area contributed by atoms with Gasteiger partial charge in [-0.15, -0.1) is 0 Å². The van der Waals surface area contributed by atoms with Gasteiger partial charge >= 0.3 is 0 Å². The molecule has 0 aromatic heterocycles. The van der Waals surface area contributed by atoms with Crippen molar-refractivity contribution < 1.29 is 32.9 Å². The van der Waals surface area contributed by atoms with E-state index in [0.29, 0.717) is 17.4 Å². The van der Waals surface area contributed by atoms with Crippen molar-refractivity contribution in [2.75, 3.05) is 40.9 Å². The zero-order chi connectivity index (χ0) is 47.8. The van der Waals surface area contributed by atoms with Gasteiger partial charge in [0.1, 0.15) is 13.2 Å². The van der Waals surface area contributed by atoms with E-state index in [0.717, 1.165) is 70.6 Å². The van der Waals surface area contributed by atoms with Crippen LogP contribution in [-0.4, -0.2) is 68.5 Å². The normalized spacial score (nSPS) is 14.6. The number of nitrogens with one attached hydrogen (secondary N) is 1. The minimum absolute atomic E-state index is 0.0149. The molecule has 0 aliphatic heterocycles. The van der Waals surface area contributed by atoms with Gasteiger partial charge in [0.15, 0.2) is 0 Å². The van der Waals surface area contributed by atoms with Crippen molar-refractivity contribution in [3.8, 4) is 0 Å². The molecule has 3 unspecified atom stereocenters. The Balaban J connectivity index is 4.39. The molecule has 3 atom stereocenters. The van der Waals surface area contributed by atoms with E-state index < -0.39 is 26.6 Å². The highest BCUT2D eigenvalue weighted by Crippen LogP contribution is 2.38. The van der Waals surface area contributed by atoms with Crippen LogP contribution < -0.4 is 10.2 Å². The van der Waals surface area contributed by atoms with Crippen LogP contribution in [0.2, 0.25) is 0 Å². The number of aliphatic hydroxyl groups excluding tert-OH is 1. The summed E-state index contributed by atoms with van der Waals surface area (Å²) in [5.74, 6) is -0.225. The number of unbranched alkanes of at least 4 members (excludes halogenated alkanes) is 25. The molecule has 0 radical (unpaired) electrons. The Bertz CT molecular complexity index is 1290. The van der Waals surface area contributed by atoms with Gasteiger partial charge in [-0.3, -0.25) is 9.36 Å². The van der Waals surface area contributed by atoms with Gasteiger partial charge in [-0.1, -0.05) is 209 Å². The molecule has 65 heavy (non-hydrogen) atoms. The van der Waals surface area contributed by atoms with Gasteiger partial charge in [0.2, 0.25) is 5.91 Å². The zero-order valence-electron chi connectivity index (χ0n) is 42.9. The highest BCUT2D eigenvalue weighted by Gasteiger charge is 2.23. The summed E-state index contributed by atoms with van der Waals surface area (Å²) in [6.45, 7) is 4.58. The largest absolute Gasteiger partial charge is 0.756 e. The third kappa shape index (κ3) is 49.7. The van der Waals surface area contributed by atoms with Gasteiger partial charge in [0, 0.05) is 6.42 Å². The zero-order valence-corrected chi connectivity index (χ0v) is 43.8. The number of amides is 1. The van der Waals surface area contributed by atoms with Gasteiger partial charge in [-0.05, 0) is 83.5 Å². The number of quaternary nitrogens is 1. The maximum Gasteiger partial charge on any atom is 0.268 e. The minimum atomic E-state index is -4.61. The highest BCUT2D eigenvalue weighted by molar-refractivity contribution is 7.45. The fraction of sp³-hybridized carbons (Fsp3) is 0.768. The second kappa shape index (κ2) is 47.0. The first-order valence-corrected chi connectivity index (χ1v) is 28.3. The Hall–Kier alpha value is -2.06. The highest BCUT2D eigenvalue weighted by atomic mass is 31.2. The van der Waals surface area contributed by atoms with Crippen molar-refractivity contribution in [2.45, 2.75) is 238 Å². The maximum absolute atomic E-state index is 12.9. The standard InChI is InChI=1S/C56H103N2O6P/c1-6-8-10-12-14-16-18-20-22-24-26-27-28-29-30-32-33-35-37-39-41-43-45-47-49-55(59)54(53-64-65(61,62)63-52-51-58(3,4)5)57-56(60)50-48-46-44-42-40-38-36-34-31-25-23-21-19-17-15-13-11-9-7-2/h15,17,21,23,31-34,39,41,47,49,54-55,59H,6-14,16,18-20,22,24-30,35-38,40,42-46,48,50-53H2,1-5H3,(H-,57,60,61,62)/b17-15-,23-21-,33-32+,34-31-,41-39+,49-47+. The summed E-state index contributed by atoms with van der Waals surface area (Å²) in [4.78, 5) is 25.4. The topological polar surface area (TPSA) is 108 Å². The van der Waals surface area contributed by atoms with Crippen molar-refractivity contribution in [2.24, 2.45) is 0 Å². The van der Waals surface area contributed by atoms with Crippen LogP contribution in [0.15, 0.2) is 72.9 Å². The first-order valence-electron chi connectivity index (χ1n) is 26.8. The predicted octanol–water partition coefficient (Wildman–Crippen LogP) is 15.3. The van der Waals surface area contributed by atoms with E-state index in [2.05, 4.69) is 79.9 Å². The Morgan fingerprint density at radius 1 is 0.538 bits per heavy atom. The van der Waals surface area contributed by atoms with Crippen molar-refractivity contribution in [3.05, 3.63) is 72.9 Å². The Morgan fingerprint density at radius 3 is 1.38 bits per heavy atom. The smallest absolute Gasteiger partial charge is 0.268 e. The molecule has 8 nitrogen and oxygen atoms in total. The van der Waals surface area contributed by atoms with E-state index in [4.69, 9.17) is 9.05 Å². The van der Waals surface area contributed by atoms with Crippen molar-refractivity contribution in [3.63, 3.8) is 0 Å². The monoisotopic (exact) mass is 931 g/mol. The summed E-state index contributed by atoms with van der Waals surface area (Å²) in [5, 5.41) is 13.8. The lowest BCUT2D eigenvalue weighted by molar-refractivity contribution is -0.870. The molecule has 0 saturated carbocycles. The number of rotatable bonds is 48. The van der Waals surface area contributed by atoms with Gasteiger partial charge in [-0.2, -0.15) is 0 Å². The summed E-state index contributed by atoms with van der Waals surface area (Å²) < 4.78 is 23.3. The van der Waals surface area contributed by atoms with Crippen molar-refractivity contribution >= 4 is 13.7 Å². The molecule has 378 valence electrons. The van der Waals surface area contributed by atoms with Crippen LogP contribution in [0.1, 0.15) is 226 Å². The fourth-order valence-electron chi connectivity index (χ4n) is 7.37. The van der Waals surface area contributed by atoms with Crippen LogP contribution in [0.25, 0.3) is 0 Å². The summed E-state index contributed by atoms with van der Waals surface area (Å²) in [6.07, 6.45) is 64.0. The molecule has 0 aromatic rings. The van der Waals surface area contributed by atoms with Crippen LogP contribution in [-0.2, 0) is 18.4 Å². The van der Waals surface area contributed by atoms with Crippen LogP contribution in [0, 0.1) is 0 Å². The first kappa shape index (κ1) is 62.9. The van der Waals surface area contributed by atoms with Gasteiger partial charge in [0.05, 0.1) is 39.9 Å². The molecule has 0 aliphatic carbocycles. The summed E-state index contributed by atoms with van der Waals surface area (Å²) in [7, 11) is 1.22. The molecule has 1 amide bonds. The molecule has 0 bridgehead atoms. The maximum atomic E-state index is 12.9. The number of carbonyl (C=O) groups is 1. The van der Waals surface area contributed by atoms with Crippen LogP contribution in [0.5, 0.6) is 0 Å². The lowest BCUT2D eigenvalue weighted by Crippen LogP contribution is -2.45. The lowest BCUT2D eigenvalue weighted by Gasteiger charge is -2.29. The lowest BCUT2D eigenvalue weighted by atomic mass is 10.0. The number of aliphatic hydroxyl groups is 1. The average Bonchev–Trinajstić information content (AvgIpc) is 3.26. The third-order valence-corrected chi connectivity index (χ3v) is 12.6. The molecular formula is C56H103N2O6P. The molecule has 0 spiro atoms. The molecule has 0 fully saturated rings. The van der Waals surface area contributed by atoms with Crippen molar-refractivity contribution in [1.29, 1.82) is 0 Å². The Labute approximate surface area is 402 Å². The number of carbonyl (C=O) groups excluding carboxylic acids is 1. The SMILES string of the molecule is CCCCC/C=C\C/C=C\C/C=C\CCCCCCCCC(=O)NC(COP(=O)([O-])OCC[N+](C)(C)C)C(O)/C=C/CC/C=C/CC/C=C/CCCCCCCCCCCCCCCC. The van der Waals surface area contributed by atoms with E-state index in [1.165, 1.54) is 135 Å². The average molecular weight is 931 g/mol. The first-order chi connectivity index (χ1) is 31.5. The van der Waals surface area contributed by atoms with Gasteiger partial charge in [-0.25, -0.2) is 0 Å². The molecule has 0 aliphatic rings. The molecule has 0 aromatic carbocycles. The van der Waals surface area contributed by atoms with Crippen molar-refractivity contribution in [1.82, 2.24) is 5.32 Å². The second-order valence-corrected chi connectivity index (χ2v) is 20.6. The summed E-state index contributed by atoms with van der Waals surface area (Å²) in [5.41, 5.74) is 0. The number of hydrogen-bond donors (Lipinski definition) is 2. The quantitative estimate of drug-likeness (QED) is 0.0272. The number of allylic oxidation sites excluding steroid dienone is 11. The van der Waals surface area contributed by atoms with E-state index >= 15 is 0 Å². The number of phosphoric acid groups is 1. The molecule has 0 saturated heterocycles. The number of likely N-dealkylation sites (N-methyl/N-ethyl adjacent to an activating group) is 1. The number of nitrogens with zero attached hydrogens (tertiary/aromatic N) is 1. The fourth-order valence-corrected chi connectivity index (χ4v) is 8.09. The number of phosphoric ester groups is 1. The molecule has 0 rings (SSSR count). The predicted molar refractivity (Wildman–Crippen MR) is 279 cm³/mol. The molecule has 9 heteroatoms. The minimum Gasteiger partial charge on any atom is -0.756 e. The van der Waals surface area contributed by atoms with Gasteiger partial charge < -0.3 is 28.8 Å². The molecule has 0 heterocycles. The summed E-state index contributed by atoms with van der Waals surface area (Å²) >= 11 is 0.